The van der Waals surface area contributed by atoms with E-state index in [1.165, 1.54) is 5.52 Å². The van der Waals surface area contributed by atoms with Crippen molar-refractivity contribution >= 4 is 18.2 Å². The average molecular weight is 328 g/mol. The molecule has 1 unspecified atom stereocenters. The number of aromatic nitrogens is 2. The average Bonchev–Trinajstić information content (AvgIpc) is 2.93. The summed E-state index contributed by atoms with van der Waals surface area (Å²) in [5.74, 6) is 1.41. The Morgan fingerprint density at radius 2 is 1.75 bits per heavy atom. The number of aryl methyl sites for hydroxylation is 1. The van der Waals surface area contributed by atoms with Gasteiger partial charge in [-0.25, -0.2) is 4.98 Å². The third-order valence-electron chi connectivity index (χ3n) is 5.64. The first-order chi connectivity index (χ1) is 11.2. The molecule has 130 valence electrons. The van der Waals surface area contributed by atoms with Crippen LogP contribution in [0.4, 0.5) is 0 Å². The Morgan fingerprint density at radius 3 is 2.33 bits per heavy atom. The zero-order valence-electron chi connectivity index (χ0n) is 15.8. The molecule has 0 saturated carbocycles. The summed E-state index contributed by atoms with van der Waals surface area (Å²) < 4.78 is 14.8. The Hall–Kier alpha value is -1.33. The highest BCUT2D eigenvalue weighted by Crippen LogP contribution is 2.42. The van der Waals surface area contributed by atoms with Crippen LogP contribution < -0.4 is 0 Å². The van der Waals surface area contributed by atoms with Crippen LogP contribution in [0.15, 0.2) is 24.3 Å². The Morgan fingerprint density at radius 1 is 1.12 bits per heavy atom. The van der Waals surface area contributed by atoms with Crippen molar-refractivity contribution in [1.29, 1.82) is 0 Å². The van der Waals surface area contributed by atoms with Crippen LogP contribution in [-0.4, -0.2) is 27.9 Å². The summed E-state index contributed by atoms with van der Waals surface area (Å²) in [5, 5.41) is 0. The molecule has 1 atom stereocenters. The SMILES string of the molecule is CCCC(Cc1nc2ccccc2n1C)B1OC(C)(C)C(C)(C)O1. The molecular formula is C19H29BN2O2. The van der Waals surface area contributed by atoms with Gasteiger partial charge in [0.1, 0.15) is 5.82 Å². The van der Waals surface area contributed by atoms with E-state index in [1.54, 1.807) is 0 Å². The Bertz CT molecular complexity index is 707. The smallest absolute Gasteiger partial charge is 0.403 e. The lowest BCUT2D eigenvalue weighted by molar-refractivity contribution is 0.00578. The quantitative estimate of drug-likeness (QED) is 0.764. The first-order valence-corrected chi connectivity index (χ1v) is 9.01. The number of benzene rings is 1. The first kappa shape index (κ1) is 17.5. The molecule has 0 N–H and O–H groups in total. The highest BCUT2D eigenvalue weighted by molar-refractivity contribution is 6.47. The number of imidazole rings is 1. The van der Waals surface area contributed by atoms with E-state index < -0.39 is 0 Å². The van der Waals surface area contributed by atoms with E-state index >= 15 is 0 Å². The van der Waals surface area contributed by atoms with E-state index in [-0.39, 0.29) is 18.3 Å². The van der Waals surface area contributed by atoms with Gasteiger partial charge in [-0.2, -0.15) is 0 Å². The molecule has 1 aliphatic heterocycles. The molecule has 1 aromatic heterocycles. The molecule has 1 saturated heterocycles. The van der Waals surface area contributed by atoms with Crippen molar-refractivity contribution in [3.05, 3.63) is 30.1 Å². The van der Waals surface area contributed by atoms with Crippen LogP contribution in [0.1, 0.15) is 53.3 Å². The molecule has 5 heteroatoms. The normalized spacial score (nSPS) is 20.7. The summed E-state index contributed by atoms with van der Waals surface area (Å²) in [6.45, 7) is 10.7. The van der Waals surface area contributed by atoms with Crippen molar-refractivity contribution in [3.63, 3.8) is 0 Å². The molecule has 1 aliphatic rings. The van der Waals surface area contributed by atoms with Gasteiger partial charge in [0, 0.05) is 19.3 Å². The highest BCUT2D eigenvalue weighted by atomic mass is 16.7. The van der Waals surface area contributed by atoms with Gasteiger partial charge in [0.15, 0.2) is 0 Å². The van der Waals surface area contributed by atoms with E-state index in [2.05, 4.69) is 64.4 Å². The molecule has 0 bridgehead atoms. The maximum atomic E-state index is 6.31. The number of nitrogens with zero attached hydrogens (tertiary/aromatic N) is 2. The van der Waals surface area contributed by atoms with Gasteiger partial charge in [0.05, 0.1) is 22.2 Å². The number of fused-ring (bicyclic) bond motifs is 1. The molecule has 0 spiro atoms. The second-order valence-electron chi connectivity index (χ2n) is 7.95. The minimum Gasteiger partial charge on any atom is -0.403 e. The Balaban J connectivity index is 1.85. The zero-order valence-corrected chi connectivity index (χ0v) is 15.8. The van der Waals surface area contributed by atoms with Gasteiger partial charge in [-0.1, -0.05) is 31.9 Å². The van der Waals surface area contributed by atoms with Gasteiger partial charge in [-0.3, -0.25) is 0 Å². The van der Waals surface area contributed by atoms with Crippen LogP contribution in [-0.2, 0) is 22.8 Å². The maximum absolute atomic E-state index is 6.31. The lowest BCUT2D eigenvalue weighted by Crippen LogP contribution is -2.41. The molecule has 1 aromatic carbocycles. The van der Waals surface area contributed by atoms with E-state index in [0.717, 1.165) is 30.6 Å². The van der Waals surface area contributed by atoms with Crippen LogP contribution >= 0.6 is 0 Å². The topological polar surface area (TPSA) is 36.3 Å². The van der Waals surface area contributed by atoms with Gasteiger partial charge < -0.3 is 13.9 Å². The van der Waals surface area contributed by atoms with E-state index in [1.807, 2.05) is 6.07 Å². The molecule has 0 amide bonds. The molecule has 3 rings (SSSR count). The first-order valence-electron chi connectivity index (χ1n) is 9.01. The van der Waals surface area contributed by atoms with Crippen molar-refractivity contribution in [1.82, 2.24) is 9.55 Å². The molecule has 0 aliphatic carbocycles. The third kappa shape index (κ3) is 3.00. The van der Waals surface area contributed by atoms with Crippen LogP contribution in [0.5, 0.6) is 0 Å². The van der Waals surface area contributed by atoms with E-state index in [4.69, 9.17) is 14.3 Å². The number of hydrogen-bond acceptors (Lipinski definition) is 3. The molecule has 2 aromatic rings. The van der Waals surface area contributed by atoms with Crippen molar-refractivity contribution in [2.75, 3.05) is 0 Å². The lowest BCUT2D eigenvalue weighted by Gasteiger charge is -2.32. The summed E-state index contributed by atoms with van der Waals surface area (Å²) in [6.07, 6.45) is 3.05. The van der Waals surface area contributed by atoms with Crippen LogP contribution in [0.25, 0.3) is 11.0 Å². The van der Waals surface area contributed by atoms with Gasteiger partial charge in [0.2, 0.25) is 0 Å². The maximum Gasteiger partial charge on any atom is 0.461 e. The van der Waals surface area contributed by atoms with Gasteiger partial charge in [-0.15, -0.1) is 0 Å². The molecule has 4 nitrogen and oxygen atoms in total. The fourth-order valence-corrected chi connectivity index (χ4v) is 3.40. The van der Waals surface area contributed by atoms with Gasteiger partial charge in [-0.05, 0) is 39.8 Å². The number of hydrogen-bond donors (Lipinski definition) is 0. The van der Waals surface area contributed by atoms with Crippen molar-refractivity contribution in [2.45, 2.75) is 70.9 Å². The van der Waals surface area contributed by atoms with Crippen molar-refractivity contribution < 1.29 is 9.31 Å². The monoisotopic (exact) mass is 328 g/mol. The predicted octanol–water partition coefficient (Wildman–Crippen LogP) is 4.38. The molecule has 2 heterocycles. The summed E-state index contributed by atoms with van der Waals surface area (Å²) >= 11 is 0. The molecule has 24 heavy (non-hydrogen) atoms. The number of para-hydroxylation sites is 2. The lowest BCUT2D eigenvalue weighted by atomic mass is 9.67. The van der Waals surface area contributed by atoms with Crippen molar-refractivity contribution in [3.8, 4) is 0 Å². The third-order valence-corrected chi connectivity index (χ3v) is 5.64. The summed E-state index contributed by atoms with van der Waals surface area (Å²) in [6, 6.07) is 8.29. The minimum absolute atomic E-state index is 0.172. The largest absolute Gasteiger partial charge is 0.461 e. The zero-order chi connectivity index (χ0) is 17.5. The van der Waals surface area contributed by atoms with Gasteiger partial charge in [0.25, 0.3) is 0 Å². The molecule has 0 radical (unpaired) electrons. The van der Waals surface area contributed by atoms with E-state index in [9.17, 15) is 0 Å². The fourth-order valence-electron chi connectivity index (χ4n) is 3.40. The van der Waals surface area contributed by atoms with Crippen molar-refractivity contribution in [2.24, 2.45) is 7.05 Å². The molecule has 1 fully saturated rings. The number of rotatable bonds is 5. The second-order valence-corrected chi connectivity index (χ2v) is 7.95. The molecular weight excluding hydrogens is 299 g/mol. The van der Waals surface area contributed by atoms with Crippen LogP contribution in [0.2, 0.25) is 5.82 Å². The Labute approximate surface area is 145 Å². The predicted molar refractivity (Wildman–Crippen MR) is 99.2 cm³/mol. The minimum atomic E-state index is -0.282. The van der Waals surface area contributed by atoms with Gasteiger partial charge >= 0.3 is 7.12 Å². The van der Waals surface area contributed by atoms with Crippen LogP contribution in [0.3, 0.4) is 0 Å². The summed E-state index contributed by atoms with van der Waals surface area (Å²) in [5.41, 5.74) is 1.67. The standard InChI is InChI=1S/C19H29BN2O2/c1-7-10-14(20-23-18(2,3)19(4,5)24-20)13-17-21-15-11-8-9-12-16(15)22(17)6/h8-9,11-12,14H,7,10,13H2,1-6H3. The van der Waals surface area contributed by atoms with E-state index in [0.29, 0.717) is 5.82 Å². The second kappa shape index (κ2) is 6.19. The summed E-state index contributed by atoms with van der Waals surface area (Å²) in [7, 11) is 1.92. The summed E-state index contributed by atoms with van der Waals surface area (Å²) in [4.78, 5) is 4.83. The fraction of sp³-hybridized carbons (Fsp3) is 0.632. The van der Waals surface area contributed by atoms with Crippen LogP contribution in [0, 0.1) is 0 Å². The Kier molecular flexibility index (Phi) is 4.52. The highest BCUT2D eigenvalue weighted by Gasteiger charge is 2.53.